The van der Waals surface area contributed by atoms with Gasteiger partial charge in [0.1, 0.15) is 5.75 Å². The minimum Gasteiger partial charge on any atom is -0.494 e. The molecule has 0 aliphatic rings. The molecule has 0 saturated carbocycles. The highest BCUT2D eigenvalue weighted by atomic mass is 79.9. The van der Waals surface area contributed by atoms with Crippen molar-refractivity contribution in [3.05, 3.63) is 29.8 Å². The van der Waals surface area contributed by atoms with Gasteiger partial charge >= 0.3 is 0 Å². The van der Waals surface area contributed by atoms with Crippen LogP contribution >= 0.6 is 15.9 Å². The summed E-state index contributed by atoms with van der Waals surface area (Å²) in [6.07, 6.45) is 3.51. The van der Waals surface area contributed by atoms with Crippen molar-refractivity contribution in [1.29, 1.82) is 0 Å². The van der Waals surface area contributed by atoms with E-state index in [4.69, 9.17) is 4.74 Å². The Balaban J connectivity index is 2.31. The highest BCUT2D eigenvalue weighted by Crippen LogP contribution is 2.12. The van der Waals surface area contributed by atoms with Gasteiger partial charge < -0.3 is 10.1 Å². The molecule has 0 fully saturated rings. The summed E-state index contributed by atoms with van der Waals surface area (Å²) in [4.78, 5) is 11.1. The van der Waals surface area contributed by atoms with Crippen molar-refractivity contribution < 1.29 is 9.53 Å². The number of halogens is 1. The Morgan fingerprint density at radius 2 is 2.00 bits per heavy atom. The number of carbonyl (C=O) groups is 1. The first-order valence-corrected chi connectivity index (χ1v) is 7.42. The van der Waals surface area contributed by atoms with Gasteiger partial charge in [0.15, 0.2) is 0 Å². The number of carbonyl (C=O) groups excluding carboxylic acids is 1. The lowest BCUT2D eigenvalue weighted by Crippen LogP contribution is -2.23. The van der Waals surface area contributed by atoms with Crippen LogP contribution in [-0.4, -0.2) is 17.8 Å². The van der Waals surface area contributed by atoms with E-state index < -0.39 is 0 Å². The number of nitrogens with one attached hydrogen (secondary N) is 1. The summed E-state index contributed by atoms with van der Waals surface area (Å²) in [5.74, 6) is 0.886. The van der Waals surface area contributed by atoms with E-state index >= 15 is 0 Å². The molecule has 0 radical (unpaired) electrons. The maximum absolute atomic E-state index is 11.1. The lowest BCUT2D eigenvalue weighted by molar-refractivity contribution is -0.118. The molecule has 3 nitrogen and oxygen atoms in total. The molecule has 0 atom stereocenters. The van der Waals surface area contributed by atoms with Gasteiger partial charge in [-0.25, -0.2) is 0 Å². The van der Waals surface area contributed by atoms with E-state index in [1.807, 2.05) is 24.3 Å². The molecule has 0 aliphatic heterocycles. The van der Waals surface area contributed by atoms with Crippen LogP contribution in [0.25, 0.3) is 0 Å². The SMILES string of the molecule is CCCCCOc1ccc(CNC(=O)CBr)cc1. The summed E-state index contributed by atoms with van der Waals surface area (Å²) in [6.45, 7) is 3.50. The molecule has 1 rings (SSSR count). The van der Waals surface area contributed by atoms with E-state index in [0.717, 1.165) is 24.3 Å². The van der Waals surface area contributed by atoms with Crippen LogP contribution < -0.4 is 10.1 Å². The molecule has 100 valence electrons. The molecular formula is C14H20BrNO2. The number of hydrogen-bond donors (Lipinski definition) is 1. The molecule has 1 aromatic rings. The van der Waals surface area contributed by atoms with Crippen molar-refractivity contribution in [2.75, 3.05) is 11.9 Å². The number of alkyl halides is 1. The minimum atomic E-state index is -0.00473. The van der Waals surface area contributed by atoms with Crippen LogP contribution in [-0.2, 0) is 11.3 Å². The van der Waals surface area contributed by atoms with Crippen LogP contribution in [0.2, 0.25) is 0 Å². The van der Waals surface area contributed by atoms with Gasteiger partial charge in [-0.1, -0.05) is 47.8 Å². The fourth-order valence-electron chi connectivity index (χ4n) is 1.49. The number of rotatable bonds is 8. The van der Waals surface area contributed by atoms with Crippen molar-refractivity contribution >= 4 is 21.8 Å². The van der Waals surface area contributed by atoms with Crippen LogP contribution in [0.4, 0.5) is 0 Å². The number of unbranched alkanes of at least 4 members (excludes halogenated alkanes) is 2. The molecule has 18 heavy (non-hydrogen) atoms. The van der Waals surface area contributed by atoms with Gasteiger partial charge in [-0.2, -0.15) is 0 Å². The van der Waals surface area contributed by atoms with Gasteiger partial charge in [-0.3, -0.25) is 4.79 Å². The summed E-state index contributed by atoms with van der Waals surface area (Å²) < 4.78 is 5.61. The average molecular weight is 314 g/mol. The predicted octanol–water partition coefficient (Wildman–Crippen LogP) is 3.27. The van der Waals surface area contributed by atoms with E-state index in [1.54, 1.807) is 0 Å². The Labute approximate surface area is 117 Å². The van der Waals surface area contributed by atoms with Crippen molar-refractivity contribution in [3.63, 3.8) is 0 Å². The monoisotopic (exact) mass is 313 g/mol. The second-order valence-electron chi connectivity index (χ2n) is 4.11. The summed E-state index contributed by atoms with van der Waals surface area (Å²) >= 11 is 3.11. The van der Waals surface area contributed by atoms with Crippen LogP contribution in [0.15, 0.2) is 24.3 Å². The van der Waals surface area contributed by atoms with E-state index in [0.29, 0.717) is 11.9 Å². The fourth-order valence-corrected chi connectivity index (χ4v) is 1.69. The van der Waals surface area contributed by atoms with Crippen LogP contribution in [0, 0.1) is 0 Å². The third kappa shape index (κ3) is 6.05. The molecule has 0 spiro atoms. The highest BCUT2D eigenvalue weighted by molar-refractivity contribution is 9.09. The zero-order chi connectivity index (χ0) is 13.2. The Morgan fingerprint density at radius 1 is 1.28 bits per heavy atom. The van der Waals surface area contributed by atoms with Crippen molar-refractivity contribution in [1.82, 2.24) is 5.32 Å². The normalized spacial score (nSPS) is 10.1. The number of amides is 1. The molecule has 0 heterocycles. The summed E-state index contributed by atoms with van der Waals surface area (Å²) in [5, 5.41) is 3.14. The minimum absolute atomic E-state index is 0.00473. The molecule has 0 aliphatic carbocycles. The number of ether oxygens (including phenoxy) is 1. The van der Waals surface area contributed by atoms with Crippen molar-refractivity contribution in [2.24, 2.45) is 0 Å². The second-order valence-corrected chi connectivity index (χ2v) is 4.67. The van der Waals surface area contributed by atoms with Gasteiger partial charge in [0.25, 0.3) is 0 Å². The first-order chi connectivity index (χ1) is 8.76. The predicted molar refractivity (Wildman–Crippen MR) is 77.1 cm³/mol. The second kappa shape index (κ2) is 8.97. The number of benzene rings is 1. The summed E-state index contributed by atoms with van der Waals surface area (Å²) in [7, 11) is 0. The quantitative estimate of drug-likeness (QED) is 0.591. The largest absolute Gasteiger partial charge is 0.494 e. The number of hydrogen-bond acceptors (Lipinski definition) is 2. The topological polar surface area (TPSA) is 38.3 Å². The van der Waals surface area contributed by atoms with Crippen LogP contribution in [0.1, 0.15) is 31.7 Å². The highest BCUT2D eigenvalue weighted by Gasteiger charge is 1.99. The van der Waals surface area contributed by atoms with E-state index in [-0.39, 0.29) is 5.91 Å². The fraction of sp³-hybridized carbons (Fsp3) is 0.500. The standard InChI is InChI=1S/C14H20BrNO2/c1-2-3-4-9-18-13-7-5-12(6-8-13)11-16-14(17)10-15/h5-8H,2-4,9-11H2,1H3,(H,16,17). The Hall–Kier alpha value is -1.03. The van der Waals surface area contributed by atoms with Crippen molar-refractivity contribution in [2.45, 2.75) is 32.7 Å². The first-order valence-electron chi connectivity index (χ1n) is 6.30. The zero-order valence-corrected chi connectivity index (χ0v) is 12.3. The molecular weight excluding hydrogens is 294 g/mol. The molecule has 0 saturated heterocycles. The average Bonchev–Trinajstić information content (AvgIpc) is 2.42. The zero-order valence-electron chi connectivity index (χ0n) is 10.7. The lowest BCUT2D eigenvalue weighted by Gasteiger charge is -2.07. The maximum Gasteiger partial charge on any atom is 0.230 e. The summed E-state index contributed by atoms with van der Waals surface area (Å²) in [6, 6.07) is 7.84. The van der Waals surface area contributed by atoms with Gasteiger partial charge in [-0.15, -0.1) is 0 Å². The van der Waals surface area contributed by atoms with Gasteiger partial charge in [0.2, 0.25) is 5.91 Å². The maximum atomic E-state index is 11.1. The van der Waals surface area contributed by atoms with Crippen LogP contribution in [0.3, 0.4) is 0 Å². The molecule has 4 heteroatoms. The van der Waals surface area contributed by atoms with Gasteiger partial charge in [-0.05, 0) is 24.1 Å². The van der Waals surface area contributed by atoms with E-state index in [9.17, 15) is 4.79 Å². The molecule has 0 bridgehead atoms. The molecule has 1 aromatic carbocycles. The molecule has 1 amide bonds. The van der Waals surface area contributed by atoms with Gasteiger partial charge in [0.05, 0.1) is 11.9 Å². The smallest absolute Gasteiger partial charge is 0.230 e. The first kappa shape index (κ1) is 15.0. The third-order valence-corrected chi connectivity index (χ3v) is 3.06. The van der Waals surface area contributed by atoms with E-state index in [2.05, 4.69) is 28.2 Å². The lowest BCUT2D eigenvalue weighted by atomic mass is 10.2. The Kier molecular flexibility index (Phi) is 7.49. The Bertz CT molecular complexity index is 351. The molecule has 0 aromatic heterocycles. The third-order valence-electron chi connectivity index (χ3n) is 2.55. The molecule has 1 N–H and O–H groups in total. The molecule has 0 unspecified atom stereocenters. The summed E-state index contributed by atoms with van der Waals surface area (Å²) in [5.41, 5.74) is 1.07. The van der Waals surface area contributed by atoms with Crippen molar-refractivity contribution in [3.8, 4) is 5.75 Å². The van der Waals surface area contributed by atoms with Gasteiger partial charge in [0, 0.05) is 6.54 Å². The van der Waals surface area contributed by atoms with E-state index in [1.165, 1.54) is 12.8 Å². The Morgan fingerprint density at radius 3 is 2.61 bits per heavy atom. The van der Waals surface area contributed by atoms with Crippen LogP contribution in [0.5, 0.6) is 5.75 Å².